The van der Waals surface area contributed by atoms with Crippen molar-refractivity contribution in [1.82, 2.24) is 9.97 Å². The molecule has 0 amide bonds. The van der Waals surface area contributed by atoms with Crippen molar-refractivity contribution in [2.75, 3.05) is 23.3 Å². The second-order valence-corrected chi connectivity index (χ2v) is 5.58. The summed E-state index contributed by atoms with van der Waals surface area (Å²) in [6.45, 7) is 6.89. The lowest BCUT2D eigenvalue weighted by molar-refractivity contribution is 0.806. The van der Waals surface area contributed by atoms with Gasteiger partial charge >= 0.3 is 0 Å². The minimum absolute atomic E-state index is 0.834. The number of nitrogens with one attached hydrogen (secondary N) is 1. The van der Waals surface area contributed by atoms with Gasteiger partial charge in [0.25, 0.3) is 0 Å². The summed E-state index contributed by atoms with van der Waals surface area (Å²) >= 11 is 3.64. The Kier molecular flexibility index (Phi) is 5.99. The smallest absolute Gasteiger partial charge is 0.148 e. The first kappa shape index (κ1) is 15.8. The van der Waals surface area contributed by atoms with Crippen molar-refractivity contribution in [1.29, 1.82) is 0 Å². The molecule has 1 heterocycles. The Morgan fingerprint density at radius 2 is 1.90 bits per heavy atom. The molecule has 0 radical (unpaired) electrons. The molecule has 1 N–H and O–H groups in total. The van der Waals surface area contributed by atoms with Crippen molar-refractivity contribution in [3.05, 3.63) is 46.7 Å². The van der Waals surface area contributed by atoms with E-state index in [1.54, 1.807) is 6.33 Å². The topological polar surface area (TPSA) is 41.1 Å². The van der Waals surface area contributed by atoms with E-state index in [0.29, 0.717) is 0 Å². The van der Waals surface area contributed by atoms with Gasteiger partial charge in [0, 0.05) is 19.6 Å². The van der Waals surface area contributed by atoms with Crippen molar-refractivity contribution in [2.45, 2.75) is 26.8 Å². The van der Waals surface area contributed by atoms with Gasteiger partial charge in [-0.2, -0.15) is 0 Å². The SMILES string of the molecule is CCCNc1ncnc(N(CC)Cc2ccccc2)c1Br. The minimum atomic E-state index is 0.834. The molecule has 2 rings (SSSR count). The number of benzene rings is 1. The van der Waals surface area contributed by atoms with Gasteiger partial charge in [0.2, 0.25) is 0 Å². The Morgan fingerprint density at radius 1 is 1.14 bits per heavy atom. The maximum Gasteiger partial charge on any atom is 0.148 e. The summed E-state index contributed by atoms with van der Waals surface area (Å²) in [4.78, 5) is 11.0. The number of anilines is 2. The maximum atomic E-state index is 4.44. The summed E-state index contributed by atoms with van der Waals surface area (Å²) in [7, 11) is 0. The molecule has 0 fully saturated rings. The molecule has 0 atom stereocenters. The highest BCUT2D eigenvalue weighted by molar-refractivity contribution is 9.10. The summed E-state index contributed by atoms with van der Waals surface area (Å²) in [6, 6.07) is 10.4. The van der Waals surface area contributed by atoms with Crippen molar-refractivity contribution in [2.24, 2.45) is 0 Å². The third kappa shape index (κ3) is 4.17. The fourth-order valence-corrected chi connectivity index (χ4v) is 2.68. The van der Waals surface area contributed by atoms with Crippen LogP contribution < -0.4 is 10.2 Å². The molecule has 112 valence electrons. The van der Waals surface area contributed by atoms with E-state index in [-0.39, 0.29) is 0 Å². The number of hydrogen-bond donors (Lipinski definition) is 1. The molecule has 0 aliphatic heterocycles. The van der Waals surface area contributed by atoms with Crippen molar-refractivity contribution in [3.8, 4) is 0 Å². The zero-order valence-electron chi connectivity index (χ0n) is 12.5. The van der Waals surface area contributed by atoms with Crippen LogP contribution in [0.25, 0.3) is 0 Å². The van der Waals surface area contributed by atoms with Crippen LogP contribution in [0.5, 0.6) is 0 Å². The monoisotopic (exact) mass is 348 g/mol. The van der Waals surface area contributed by atoms with Crippen LogP contribution in [0.2, 0.25) is 0 Å². The van der Waals surface area contributed by atoms with Gasteiger partial charge in [-0.15, -0.1) is 0 Å². The van der Waals surface area contributed by atoms with E-state index in [0.717, 1.165) is 42.2 Å². The summed E-state index contributed by atoms with van der Waals surface area (Å²) < 4.78 is 0.927. The van der Waals surface area contributed by atoms with Gasteiger partial charge in [-0.3, -0.25) is 0 Å². The molecule has 1 aromatic heterocycles. The first-order valence-electron chi connectivity index (χ1n) is 7.29. The molecule has 1 aromatic carbocycles. The Labute approximate surface area is 134 Å². The molecule has 0 saturated heterocycles. The summed E-state index contributed by atoms with van der Waals surface area (Å²) in [5.74, 6) is 1.78. The molecule has 5 heteroatoms. The standard InChI is InChI=1S/C16H21BrN4/c1-3-10-18-15-14(17)16(20-12-19-15)21(4-2)11-13-8-6-5-7-9-13/h5-9,12H,3-4,10-11H2,1-2H3,(H,18,19,20). The molecule has 0 spiro atoms. The van der Waals surface area contributed by atoms with E-state index in [1.165, 1.54) is 5.56 Å². The lowest BCUT2D eigenvalue weighted by atomic mass is 10.2. The van der Waals surface area contributed by atoms with Crippen molar-refractivity contribution < 1.29 is 0 Å². The van der Waals surface area contributed by atoms with Gasteiger partial charge in [-0.05, 0) is 34.8 Å². The molecular weight excluding hydrogens is 328 g/mol. The third-order valence-corrected chi connectivity index (χ3v) is 3.94. The van der Waals surface area contributed by atoms with E-state index >= 15 is 0 Å². The second kappa shape index (κ2) is 7.98. The summed E-state index contributed by atoms with van der Waals surface area (Å²) in [5, 5.41) is 3.32. The fourth-order valence-electron chi connectivity index (χ4n) is 2.09. The Morgan fingerprint density at radius 3 is 2.57 bits per heavy atom. The molecule has 0 bridgehead atoms. The van der Waals surface area contributed by atoms with E-state index < -0.39 is 0 Å². The Hall–Kier alpha value is -1.62. The highest BCUT2D eigenvalue weighted by atomic mass is 79.9. The number of rotatable bonds is 7. The summed E-state index contributed by atoms with van der Waals surface area (Å²) in [5.41, 5.74) is 1.27. The molecule has 0 aliphatic rings. The number of nitrogens with zero attached hydrogens (tertiary/aromatic N) is 3. The van der Waals surface area contributed by atoms with Gasteiger partial charge in [0.15, 0.2) is 0 Å². The molecule has 2 aromatic rings. The predicted octanol–water partition coefficient (Wildman–Crippen LogP) is 4.09. The van der Waals surface area contributed by atoms with Crippen molar-refractivity contribution in [3.63, 3.8) is 0 Å². The summed E-state index contributed by atoms with van der Waals surface area (Å²) in [6.07, 6.45) is 2.68. The normalized spacial score (nSPS) is 10.4. The van der Waals surface area contributed by atoms with Crippen LogP contribution in [0, 0.1) is 0 Å². The van der Waals surface area contributed by atoms with Crippen LogP contribution in [-0.2, 0) is 6.54 Å². The zero-order valence-corrected chi connectivity index (χ0v) is 14.1. The van der Waals surface area contributed by atoms with Crippen LogP contribution in [-0.4, -0.2) is 23.1 Å². The lowest BCUT2D eigenvalue weighted by Crippen LogP contribution is -2.24. The molecular formula is C16H21BrN4. The molecule has 0 saturated carbocycles. The largest absolute Gasteiger partial charge is 0.369 e. The predicted molar refractivity (Wildman–Crippen MR) is 91.7 cm³/mol. The highest BCUT2D eigenvalue weighted by Crippen LogP contribution is 2.30. The zero-order chi connectivity index (χ0) is 15.1. The van der Waals surface area contributed by atoms with Gasteiger partial charge in [-0.1, -0.05) is 37.3 Å². The Bertz CT molecular complexity index is 559. The maximum absolute atomic E-state index is 4.44. The number of halogens is 1. The first-order chi connectivity index (χ1) is 10.3. The van der Waals surface area contributed by atoms with E-state index in [4.69, 9.17) is 0 Å². The molecule has 0 unspecified atom stereocenters. The van der Waals surface area contributed by atoms with E-state index in [2.05, 4.69) is 74.2 Å². The highest BCUT2D eigenvalue weighted by Gasteiger charge is 2.14. The van der Waals surface area contributed by atoms with Crippen molar-refractivity contribution >= 4 is 27.6 Å². The van der Waals surface area contributed by atoms with Gasteiger partial charge < -0.3 is 10.2 Å². The molecule has 0 aliphatic carbocycles. The molecule has 21 heavy (non-hydrogen) atoms. The average molecular weight is 349 g/mol. The quantitative estimate of drug-likeness (QED) is 0.818. The number of hydrogen-bond acceptors (Lipinski definition) is 4. The van der Waals surface area contributed by atoms with E-state index in [9.17, 15) is 0 Å². The van der Waals surface area contributed by atoms with Gasteiger partial charge in [0.1, 0.15) is 22.4 Å². The van der Waals surface area contributed by atoms with Crippen LogP contribution in [0.1, 0.15) is 25.8 Å². The fraction of sp³-hybridized carbons (Fsp3) is 0.375. The van der Waals surface area contributed by atoms with Gasteiger partial charge in [-0.25, -0.2) is 9.97 Å². The minimum Gasteiger partial charge on any atom is -0.369 e. The number of aromatic nitrogens is 2. The third-order valence-electron chi connectivity index (χ3n) is 3.21. The van der Waals surface area contributed by atoms with Gasteiger partial charge in [0.05, 0.1) is 0 Å². The van der Waals surface area contributed by atoms with Crippen LogP contribution in [0.3, 0.4) is 0 Å². The van der Waals surface area contributed by atoms with E-state index in [1.807, 2.05) is 6.07 Å². The van der Waals surface area contributed by atoms with Crippen LogP contribution in [0.15, 0.2) is 41.1 Å². The van der Waals surface area contributed by atoms with Crippen LogP contribution >= 0.6 is 15.9 Å². The van der Waals surface area contributed by atoms with Crippen LogP contribution in [0.4, 0.5) is 11.6 Å². The lowest BCUT2D eigenvalue weighted by Gasteiger charge is -2.24. The first-order valence-corrected chi connectivity index (χ1v) is 8.08. The Balaban J connectivity index is 2.21. The second-order valence-electron chi connectivity index (χ2n) is 4.79. The average Bonchev–Trinajstić information content (AvgIpc) is 2.53. The molecule has 4 nitrogen and oxygen atoms in total.